The molecule has 0 aliphatic rings. The van der Waals surface area contributed by atoms with Crippen molar-refractivity contribution in [3.05, 3.63) is 59.9 Å². The fraction of sp³-hybridized carbons (Fsp3) is 0.286. The first-order chi connectivity index (χ1) is 14.3. The smallest absolute Gasteiger partial charge is 0.276 e. The number of carbonyl (C=O) groups excluding carboxylic acids is 3. The Morgan fingerprint density at radius 3 is 2.20 bits per heavy atom. The first-order valence-electron chi connectivity index (χ1n) is 9.22. The summed E-state index contributed by atoms with van der Waals surface area (Å²) in [4.78, 5) is 36.6. The lowest BCUT2D eigenvalue weighted by atomic mass is 10.0. The van der Waals surface area contributed by atoms with Gasteiger partial charge >= 0.3 is 0 Å². The van der Waals surface area contributed by atoms with Crippen LogP contribution in [0.1, 0.15) is 24.2 Å². The van der Waals surface area contributed by atoms with Gasteiger partial charge in [0.15, 0.2) is 6.61 Å². The highest BCUT2D eigenvalue weighted by Gasteiger charge is 2.26. The van der Waals surface area contributed by atoms with Crippen LogP contribution in [-0.4, -0.2) is 37.5 Å². The SMILES string of the molecule is COc1ccc(OCC(=O)NNC(=O)C(NC(=O)c2ccccc2F)C(C)C)cc1. The van der Waals surface area contributed by atoms with E-state index in [0.29, 0.717) is 11.5 Å². The number of benzene rings is 2. The van der Waals surface area contributed by atoms with Crippen molar-refractivity contribution in [2.45, 2.75) is 19.9 Å². The van der Waals surface area contributed by atoms with Gasteiger partial charge in [-0.25, -0.2) is 4.39 Å². The molecule has 30 heavy (non-hydrogen) atoms. The summed E-state index contributed by atoms with van der Waals surface area (Å²) in [5, 5.41) is 2.48. The van der Waals surface area contributed by atoms with Crippen LogP contribution in [0.3, 0.4) is 0 Å². The van der Waals surface area contributed by atoms with E-state index in [1.165, 1.54) is 25.3 Å². The zero-order valence-electron chi connectivity index (χ0n) is 16.9. The molecule has 0 heterocycles. The van der Waals surface area contributed by atoms with Crippen molar-refractivity contribution in [3.8, 4) is 11.5 Å². The minimum atomic E-state index is -0.986. The lowest BCUT2D eigenvalue weighted by Gasteiger charge is -2.22. The third kappa shape index (κ3) is 6.47. The van der Waals surface area contributed by atoms with Gasteiger partial charge in [-0.1, -0.05) is 26.0 Å². The van der Waals surface area contributed by atoms with Crippen LogP contribution < -0.4 is 25.6 Å². The van der Waals surface area contributed by atoms with Gasteiger partial charge in [-0.15, -0.1) is 0 Å². The van der Waals surface area contributed by atoms with Crippen LogP contribution in [0.25, 0.3) is 0 Å². The summed E-state index contributed by atoms with van der Waals surface area (Å²) in [6, 6.07) is 11.1. The largest absolute Gasteiger partial charge is 0.497 e. The van der Waals surface area contributed by atoms with Crippen molar-refractivity contribution in [3.63, 3.8) is 0 Å². The molecule has 0 aliphatic heterocycles. The van der Waals surface area contributed by atoms with E-state index in [1.807, 2.05) is 0 Å². The Morgan fingerprint density at radius 2 is 1.60 bits per heavy atom. The number of hydrogen-bond donors (Lipinski definition) is 3. The first-order valence-corrected chi connectivity index (χ1v) is 9.22. The fourth-order valence-electron chi connectivity index (χ4n) is 2.47. The maximum atomic E-state index is 13.8. The molecule has 2 rings (SSSR count). The number of amides is 3. The summed E-state index contributed by atoms with van der Waals surface area (Å²) < 4.78 is 24.1. The molecule has 8 nitrogen and oxygen atoms in total. The molecule has 1 unspecified atom stereocenters. The van der Waals surface area contributed by atoms with Gasteiger partial charge in [-0.3, -0.25) is 25.2 Å². The van der Waals surface area contributed by atoms with Crippen LogP contribution in [0.2, 0.25) is 0 Å². The molecule has 3 amide bonds. The van der Waals surface area contributed by atoms with Crippen LogP contribution >= 0.6 is 0 Å². The van der Waals surface area contributed by atoms with E-state index < -0.39 is 29.6 Å². The van der Waals surface area contributed by atoms with E-state index in [0.717, 1.165) is 6.07 Å². The zero-order chi connectivity index (χ0) is 22.1. The molecule has 2 aromatic carbocycles. The van der Waals surface area contributed by atoms with Gasteiger partial charge in [0.05, 0.1) is 12.7 Å². The second kappa shape index (κ2) is 10.8. The van der Waals surface area contributed by atoms with Gasteiger partial charge in [0, 0.05) is 0 Å². The van der Waals surface area contributed by atoms with Crippen molar-refractivity contribution in [1.82, 2.24) is 16.2 Å². The molecule has 0 fully saturated rings. The summed E-state index contributed by atoms with van der Waals surface area (Å²) in [6.45, 7) is 3.08. The quantitative estimate of drug-likeness (QED) is 0.568. The Labute approximate surface area is 173 Å². The van der Waals surface area contributed by atoms with Crippen LogP contribution in [0, 0.1) is 11.7 Å². The Kier molecular flexibility index (Phi) is 8.16. The molecule has 0 aromatic heterocycles. The molecule has 9 heteroatoms. The van der Waals surface area contributed by atoms with E-state index in [9.17, 15) is 18.8 Å². The molecular weight excluding hydrogens is 393 g/mol. The number of methoxy groups -OCH3 is 1. The second-order valence-electron chi connectivity index (χ2n) is 6.68. The van der Waals surface area contributed by atoms with Crippen molar-refractivity contribution in [1.29, 1.82) is 0 Å². The maximum Gasteiger partial charge on any atom is 0.276 e. The summed E-state index contributed by atoms with van der Waals surface area (Å²) in [5.74, 6) is -1.87. The fourth-order valence-corrected chi connectivity index (χ4v) is 2.47. The Bertz CT molecular complexity index is 886. The summed E-state index contributed by atoms with van der Waals surface area (Å²) in [5.41, 5.74) is 4.29. The minimum absolute atomic E-state index is 0.173. The van der Waals surface area contributed by atoms with Gasteiger partial charge in [0.25, 0.3) is 17.7 Å². The number of nitrogens with one attached hydrogen (secondary N) is 3. The third-order valence-corrected chi connectivity index (χ3v) is 4.11. The Morgan fingerprint density at radius 1 is 0.967 bits per heavy atom. The second-order valence-corrected chi connectivity index (χ2v) is 6.68. The monoisotopic (exact) mass is 417 g/mol. The summed E-state index contributed by atoms with van der Waals surface area (Å²) >= 11 is 0. The van der Waals surface area contributed by atoms with Gasteiger partial charge in [-0.2, -0.15) is 0 Å². The van der Waals surface area contributed by atoms with Crippen molar-refractivity contribution in [2.75, 3.05) is 13.7 Å². The maximum absolute atomic E-state index is 13.8. The molecular formula is C21H24FN3O5. The van der Waals surface area contributed by atoms with Crippen molar-refractivity contribution in [2.24, 2.45) is 5.92 Å². The molecule has 0 bridgehead atoms. The predicted molar refractivity (Wildman–Crippen MR) is 107 cm³/mol. The molecule has 3 N–H and O–H groups in total. The minimum Gasteiger partial charge on any atom is -0.497 e. The van der Waals surface area contributed by atoms with Gasteiger partial charge < -0.3 is 14.8 Å². The van der Waals surface area contributed by atoms with E-state index >= 15 is 0 Å². The third-order valence-electron chi connectivity index (χ3n) is 4.11. The predicted octanol–water partition coefficient (Wildman–Crippen LogP) is 1.82. The van der Waals surface area contributed by atoms with Crippen molar-refractivity contribution < 1.29 is 28.2 Å². The van der Waals surface area contributed by atoms with Gasteiger partial charge in [0.2, 0.25) is 0 Å². The van der Waals surface area contributed by atoms with Gasteiger partial charge in [-0.05, 0) is 42.3 Å². The Hall–Kier alpha value is -3.62. The van der Waals surface area contributed by atoms with Crippen LogP contribution in [0.15, 0.2) is 48.5 Å². The number of rotatable bonds is 8. The lowest BCUT2D eigenvalue weighted by Crippen LogP contribution is -2.55. The van der Waals surface area contributed by atoms with E-state index in [4.69, 9.17) is 9.47 Å². The number of halogens is 1. The number of ether oxygens (including phenoxy) is 2. The average Bonchev–Trinajstić information content (AvgIpc) is 2.74. The summed E-state index contributed by atoms with van der Waals surface area (Å²) in [7, 11) is 1.54. The van der Waals surface area contributed by atoms with E-state index in [2.05, 4.69) is 16.2 Å². The molecule has 1 atom stereocenters. The lowest BCUT2D eigenvalue weighted by molar-refractivity contribution is -0.131. The molecule has 160 valence electrons. The van der Waals surface area contributed by atoms with Crippen molar-refractivity contribution >= 4 is 17.7 Å². The molecule has 0 spiro atoms. The van der Waals surface area contributed by atoms with Crippen LogP contribution in [0.4, 0.5) is 4.39 Å². The number of hydrazine groups is 1. The number of hydrogen-bond acceptors (Lipinski definition) is 5. The molecule has 0 radical (unpaired) electrons. The highest BCUT2D eigenvalue weighted by molar-refractivity contribution is 5.98. The van der Waals surface area contributed by atoms with Gasteiger partial charge in [0.1, 0.15) is 23.4 Å². The number of carbonyl (C=O) groups is 3. The molecule has 2 aromatic rings. The van der Waals surface area contributed by atoms with E-state index in [1.54, 1.807) is 38.1 Å². The topological polar surface area (TPSA) is 106 Å². The first kappa shape index (κ1) is 22.7. The molecule has 0 saturated carbocycles. The molecule has 0 aliphatic carbocycles. The molecule has 0 saturated heterocycles. The standard InChI is InChI=1S/C21H24FN3O5/c1-13(2)19(23-20(27)16-6-4-5-7-17(16)22)21(28)25-24-18(26)12-30-15-10-8-14(29-3)9-11-15/h4-11,13,19H,12H2,1-3H3,(H,23,27)(H,24,26)(H,25,28). The summed E-state index contributed by atoms with van der Waals surface area (Å²) in [6.07, 6.45) is 0. The average molecular weight is 417 g/mol. The zero-order valence-corrected chi connectivity index (χ0v) is 16.9. The highest BCUT2D eigenvalue weighted by atomic mass is 19.1. The highest BCUT2D eigenvalue weighted by Crippen LogP contribution is 2.16. The Balaban J connectivity index is 1.86. The van der Waals surface area contributed by atoms with Crippen LogP contribution in [0.5, 0.6) is 11.5 Å². The normalized spacial score (nSPS) is 11.4. The van der Waals surface area contributed by atoms with E-state index in [-0.39, 0.29) is 18.1 Å². The van der Waals surface area contributed by atoms with Crippen LogP contribution in [-0.2, 0) is 9.59 Å².